The Bertz CT molecular complexity index is 738. The summed E-state index contributed by atoms with van der Waals surface area (Å²) in [6, 6.07) is 6.64. The molecular weight excluding hydrogens is 295 g/mol. The number of hydrogen-bond donors (Lipinski definition) is 2. The van der Waals surface area contributed by atoms with Crippen molar-refractivity contribution in [1.29, 1.82) is 0 Å². The third-order valence-corrected chi connectivity index (χ3v) is 4.36. The van der Waals surface area contributed by atoms with Gasteiger partial charge in [0.2, 0.25) is 0 Å². The predicted molar refractivity (Wildman–Crippen MR) is 77.9 cm³/mol. The molecule has 0 saturated heterocycles. The van der Waals surface area contributed by atoms with Crippen LogP contribution in [0.5, 0.6) is 0 Å². The average molecular weight is 312 g/mol. The Morgan fingerprint density at radius 1 is 1.33 bits per heavy atom. The molecule has 0 radical (unpaired) electrons. The zero-order valence-corrected chi connectivity index (χ0v) is 12.6. The van der Waals surface area contributed by atoms with Gasteiger partial charge >= 0.3 is 0 Å². The van der Waals surface area contributed by atoms with Gasteiger partial charge in [-0.3, -0.25) is 4.72 Å². The van der Waals surface area contributed by atoms with Gasteiger partial charge in [0.25, 0.3) is 10.0 Å². The molecule has 0 aliphatic rings. The molecule has 0 spiro atoms. The maximum Gasteiger partial charge on any atom is 0.263 e. The molecule has 1 aromatic carbocycles. The van der Waals surface area contributed by atoms with Crippen molar-refractivity contribution in [3.63, 3.8) is 0 Å². The molecule has 114 valence electrons. The Morgan fingerprint density at radius 3 is 2.57 bits per heavy atom. The second-order valence-electron chi connectivity index (χ2n) is 4.94. The van der Waals surface area contributed by atoms with Gasteiger partial charge in [-0.25, -0.2) is 12.8 Å². The van der Waals surface area contributed by atoms with Crippen LogP contribution < -0.4 is 4.72 Å². The number of benzene rings is 1. The minimum atomic E-state index is -3.82. The Hall–Kier alpha value is -1.86. The van der Waals surface area contributed by atoms with Gasteiger partial charge in [0, 0.05) is 17.9 Å². The van der Waals surface area contributed by atoms with Gasteiger partial charge in [-0.2, -0.15) is 0 Å². The molecule has 1 aromatic heterocycles. The first kappa shape index (κ1) is 15.5. The van der Waals surface area contributed by atoms with Crippen molar-refractivity contribution < 1.29 is 17.9 Å². The fourth-order valence-electron chi connectivity index (χ4n) is 2.02. The molecule has 0 atom stereocenters. The number of halogens is 1. The summed E-state index contributed by atoms with van der Waals surface area (Å²) in [7, 11) is -3.82. The summed E-state index contributed by atoms with van der Waals surface area (Å²) in [5.41, 5.74) is 0.655. The molecule has 2 rings (SSSR count). The molecule has 0 aliphatic carbocycles. The van der Waals surface area contributed by atoms with Crippen molar-refractivity contribution in [3.8, 4) is 0 Å². The van der Waals surface area contributed by atoms with Gasteiger partial charge in [-0.05, 0) is 38.1 Å². The van der Waals surface area contributed by atoms with Crippen molar-refractivity contribution in [3.05, 3.63) is 48.0 Å². The number of sulfonamides is 1. The minimum Gasteiger partial charge on any atom is -0.390 e. The molecule has 0 aliphatic heterocycles. The summed E-state index contributed by atoms with van der Waals surface area (Å²) in [5.74, 6) is -0.522. The predicted octanol–water partition coefficient (Wildman–Crippen LogP) is 2.50. The number of aromatic nitrogens is 1. The van der Waals surface area contributed by atoms with Crippen molar-refractivity contribution in [1.82, 2.24) is 4.57 Å². The van der Waals surface area contributed by atoms with E-state index in [1.54, 1.807) is 4.57 Å². The Labute approximate surface area is 123 Å². The van der Waals surface area contributed by atoms with E-state index in [0.29, 0.717) is 5.69 Å². The highest BCUT2D eigenvalue weighted by Gasteiger charge is 2.19. The molecule has 2 N–H and O–H groups in total. The topological polar surface area (TPSA) is 71.3 Å². The highest BCUT2D eigenvalue weighted by atomic mass is 32.2. The minimum absolute atomic E-state index is 0.0188. The number of aliphatic hydroxyl groups is 1. The summed E-state index contributed by atoms with van der Waals surface area (Å²) in [6.45, 7) is 3.51. The molecule has 21 heavy (non-hydrogen) atoms. The van der Waals surface area contributed by atoms with Crippen LogP contribution >= 0.6 is 0 Å². The largest absolute Gasteiger partial charge is 0.390 e. The molecular formula is C14H17FN2O3S. The van der Waals surface area contributed by atoms with Crippen LogP contribution in [0.3, 0.4) is 0 Å². The summed E-state index contributed by atoms with van der Waals surface area (Å²) in [5, 5.41) is 9.29. The standard InChI is InChI=1S/C14H17FN2O3S/c1-10(2)17-8-14(7-13(17)9-18)21(19,20)16-12-5-3-4-11(15)6-12/h3-8,10,16,18H,9H2,1-2H3. The number of rotatable bonds is 5. The number of hydrogen-bond acceptors (Lipinski definition) is 3. The number of nitrogens with zero attached hydrogens (tertiary/aromatic N) is 1. The Balaban J connectivity index is 2.36. The lowest BCUT2D eigenvalue weighted by molar-refractivity contribution is 0.268. The van der Waals surface area contributed by atoms with Gasteiger partial charge in [-0.1, -0.05) is 6.07 Å². The second-order valence-corrected chi connectivity index (χ2v) is 6.62. The zero-order valence-electron chi connectivity index (χ0n) is 11.7. The summed E-state index contributed by atoms with van der Waals surface area (Å²) in [6.07, 6.45) is 1.46. The van der Waals surface area contributed by atoms with E-state index in [2.05, 4.69) is 4.72 Å². The smallest absolute Gasteiger partial charge is 0.263 e. The molecule has 2 aromatic rings. The van der Waals surface area contributed by atoms with Crippen LogP contribution in [-0.2, 0) is 16.6 Å². The first-order chi connectivity index (χ1) is 9.83. The third-order valence-electron chi connectivity index (χ3n) is 3.01. The fourth-order valence-corrected chi connectivity index (χ4v) is 3.12. The van der Waals surface area contributed by atoms with Crippen molar-refractivity contribution in [2.75, 3.05) is 4.72 Å². The van der Waals surface area contributed by atoms with E-state index in [1.165, 1.54) is 30.5 Å². The monoisotopic (exact) mass is 312 g/mol. The maximum absolute atomic E-state index is 13.1. The van der Waals surface area contributed by atoms with E-state index < -0.39 is 15.8 Å². The lowest BCUT2D eigenvalue weighted by Gasteiger charge is -2.10. The molecule has 0 saturated carbocycles. The molecule has 0 bridgehead atoms. The lowest BCUT2D eigenvalue weighted by Crippen LogP contribution is -2.12. The van der Waals surface area contributed by atoms with Gasteiger partial charge in [0.05, 0.1) is 12.3 Å². The van der Waals surface area contributed by atoms with Crippen LogP contribution in [0.1, 0.15) is 25.6 Å². The van der Waals surface area contributed by atoms with Crippen molar-refractivity contribution >= 4 is 15.7 Å². The second kappa shape index (κ2) is 5.87. The van der Waals surface area contributed by atoms with E-state index in [0.717, 1.165) is 6.07 Å². The SMILES string of the molecule is CC(C)n1cc(S(=O)(=O)Nc2cccc(F)c2)cc1CO. The van der Waals surface area contributed by atoms with Crippen molar-refractivity contribution in [2.24, 2.45) is 0 Å². The molecule has 0 fully saturated rings. The highest BCUT2D eigenvalue weighted by Crippen LogP contribution is 2.22. The van der Waals surface area contributed by atoms with Crippen LogP contribution in [0.15, 0.2) is 41.4 Å². The van der Waals surface area contributed by atoms with E-state index in [9.17, 15) is 17.9 Å². The molecule has 0 unspecified atom stereocenters. The van der Waals surface area contributed by atoms with Crippen LogP contribution in [-0.4, -0.2) is 18.1 Å². The van der Waals surface area contributed by atoms with Crippen LogP contribution in [0, 0.1) is 5.82 Å². The van der Waals surface area contributed by atoms with Gasteiger partial charge < -0.3 is 9.67 Å². The summed E-state index contributed by atoms with van der Waals surface area (Å²) in [4.78, 5) is 0.0320. The normalized spacial score (nSPS) is 11.9. The first-order valence-corrected chi connectivity index (χ1v) is 7.92. The van der Waals surface area contributed by atoms with Crippen molar-refractivity contribution in [2.45, 2.75) is 31.4 Å². The van der Waals surface area contributed by atoms with Gasteiger partial charge in [-0.15, -0.1) is 0 Å². The van der Waals surface area contributed by atoms with Crippen LogP contribution in [0.2, 0.25) is 0 Å². The van der Waals surface area contributed by atoms with E-state index in [4.69, 9.17) is 0 Å². The quantitative estimate of drug-likeness (QED) is 0.891. The third kappa shape index (κ3) is 3.43. The molecule has 1 heterocycles. The number of nitrogens with one attached hydrogen (secondary N) is 1. The highest BCUT2D eigenvalue weighted by molar-refractivity contribution is 7.92. The van der Waals surface area contributed by atoms with Gasteiger partial charge in [0.1, 0.15) is 10.7 Å². The molecule has 5 nitrogen and oxygen atoms in total. The summed E-state index contributed by atoms with van der Waals surface area (Å²) >= 11 is 0. The molecule has 7 heteroatoms. The van der Waals surface area contributed by atoms with E-state index in [-0.39, 0.29) is 23.2 Å². The maximum atomic E-state index is 13.1. The Morgan fingerprint density at radius 2 is 2.05 bits per heavy atom. The van der Waals surface area contributed by atoms with Crippen LogP contribution in [0.25, 0.3) is 0 Å². The zero-order chi connectivity index (χ0) is 15.6. The Kier molecular flexibility index (Phi) is 4.34. The average Bonchev–Trinajstić information content (AvgIpc) is 2.83. The number of anilines is 1. The van der Waals surface area contributed by atoms with E-state index >= 15 is 0 Å². The first-order valence-electron chi connectivity index (χ1n) is 6.43. The van der Waals surface area contributed by atoms with E-state index in [1.807, 2.05) is 13.8 Å². The molecule has 0 amide bonds. The van der Waals surface area contributed by atoms with Gasteiger partial charge in [0.15, 0.2) is 0 Å². The van der Waals surface area contributed by atoms with Crippen LogP contribution in [0.4, 0.5) is 10.1 Å². The number of aliphatic hydroxyl groups excluding tert-OH is 1. The lowest BCUT2D eigenvalue weighted by atomic mass is 10.3. The summed E-state index contributed by atoms with van der Waals surface area (Å²) < 4.78 is 41.7. The fraction of sp³-hybridized carbons (Fsp3) is 0.286.